The normalized spacial score (nSPS) is 13.1. The molecule has 0 aliphatic carbocycles. The van der Waals surface area contributed by atoms with Gasteiger partial charge in [-0.05, 0) is 35.6 Å². The van der Waals surface area contributed by atoms with Crippen molar-refractivity contribution in [1.29, 1.82) is 0 Å². The van der Waals surface area contributed by atoms with E-state index in [9.17, 15) is 17.6 Å². The van der Waals surface area contributed by atoms with Crippen LogP contribution in [0.5, 0.6) is 5.75 Å². The van der Waals surface area contributed by atoms with Crippen LogP contribution in [0.2, 0.25) is 0 Å². The maximum atomic E-state index is 13.7. The zero-order valence-electron chi connectivity index (χ0n) is 13.9. The molecule has 0 aromatic heterocycles. The molecule has 1 aromatic carbocycles. The second kappa shape index (κ2) is 8.71. The van der Waals surface area contributed by atoms with Gasteiger partial charge in [0.25, 0.3) is 0 Å². The molecule has 0 spiro atoms. The van der Waals surface area contributed by atoms with Gasteiger partial charge >= 0.3 is 6.36 Å². The van der Waals surface area contributed by atoms with Crippen molar-refractivity contribution >= 4 is 5.57 Å². The quantitative estimate of drug-likeness (QED) is 0.378. The van der Waals surface area contributed by atoms with Crippen LogP contribution in [-0.2, 0) is 0 Å². The molecule has 24 heavy (non-hydrogen) atoms. The summed E-state index contributed by atoms with van der Waals surface area (Å²) in [6.45, 7) is 12.0. The highest BCUT2D eigenvalue weighted by Crippen LogP contribution is 2.28. The Balaban J connectivity index is 2.76. The molecule has 0 aliphatic rings. The Morgan fingerprint density at radius 2 is 1.92 bits per heavy atom. The largest absolute Gasteiger partial charge is 0.573 e. The van der Waals surface area contributed by atoms with Crippen molar-refractivity contribution in [3.8, 4) is 5.75 Å². The molecule has 1 unspecified atom stereocenters. The SMILES string of the molecule is C=C(/C=C\C(=C)C(C)CCCC)c1ccc(OC(F)(F)F)c(F)c1. The summed E-state index contributed by atoms with van der Waals surface area (Å²) in [6.07, 6.45) is 1.82. The van der Waals surface area contributed by atoms with E-state index in [0.717, 1.165) is 37.0 Å². The third-order valence-corrected chi connectivity index (χ3v) is 3.65. The van der Waals surface area contributed by atoms with Crippen molar-refractivity contribution in [2.75, 3.05) is 0 Å². The second-order valence-electron chi connectivity index (χ2n) is 5.67. The van der Waals surface area contributed by atoms with E-state index in [-0.39, 0.29) is 0 Å². The maximum absolute atomic E-state index is 13.7. The molecule has 132 valence electrons. The van der Waals surface area contributed by atoms with Crippen molar-refractivity contribution < 1.29 is 22.3 Å². The number of alkyl halides is 3. The first-order valence-electron chi connectivity index (χ1n) is 7.75. The topological polar surface area (TPSA) is 9.23 Å². The minimum atomic E-state index is -4.92. The molecule has 0 amide bonds. The van der Waals surface area contributed by atoms with Crippen LogP contribution in [0, 0.1) is 11.7 Å². The summed E-state index contributed by atoms with van der Waals surface area (Å²) in [5, 5.41) is 0. The van der Waals surface area contributed by atoms with Gasteiger partial charge < -0.3 is 4.74 Å². The van der Waals surface area contributed by atoms with Gasteiger partial charge in [-0.25, -0.2) is 4.39 Å². The highest BCUT2D eigenvalue weighted by Gasteiger charge is 2.32. The number of benzene rings is 1. The highest BCUT2D eigenvalue weighted by atomic mass is 19.4. The van der Waals surface area contributed by atoms with E-state index >= 15 is 0 Å². The zero-order chi connectivity index (χ0) is 18.3. The summed E-state index contributed by atoms with van der Waals surface area (Å²) in [6, 6.07) is 3.24. The van der Waals surface area contributed by atoms with Crippen molar-refractivity contribution in [3.63, 3.8) is 0 Å². The van der Waals surface area contributed by atoms with Gasteiger partial charge in [-0.1, -0.05) is 63.6 Å². The minimum Gasteiger partial charge on any atom is -0.403 e. The van der Waals surface area contributed by atoms with Crippen LogP contribution in [0.1, 0.15) is 38.7 Å². The van der Waals surface area contributed by atoms with Crippen LogP contribution >= 0.6 is 0 Å². The summed E-state index contributed by atoms with van der Waals surface area (Å²) in [5.74, 6) is -1.62. The average Bonchev–Trinajstić information content (AvgIpc) is 2.50. The van der Waals surface area contributed by atoms with E-state index < -0.39 is 17.9 Å². The van der Waals surface area contributed by atoms with Gasteiger partial charge in [-0.3, -0.25) is 0 Å². The molecule has 0 bridgehead atoms. The minimum absolute atomic E-state index is 0.327. The molecular formula is C19H22F4O. The Labute approximate surface area is 140 Å². The van der Waals surface area contributed by atoms with Crippen LogP contribution in [0.4, 0.5) is 17.6 Å². The molecule has 0 fully saturated rings. The van der Waals surface area contributed by atoms with Crippen LogP contribution in [0.25, 0.3) is 5.57 Å². The molecule has 1 aromatic rings. The molecule has 0 radical (unpaired) electrons. The van der Waals surface area contributed by atoms with E-state index in [4.69, 9.17) is 0 Å². The first-order chi connectivity index (χ1) is 11.1. The fraction of sp³-hybridized carbons (Fsp3) is 0.368. The molecule has 5 heteroatoms. The number of halogens is 4. The molecule has 1 nitrogen and oxygen atoms in total. The Morgan fingerprint density at radius 3 is 2.46 bits per heavy atom. The highest BCUT2D eigenvalue weighted by molar-refractivity contribution is 5.73. The molecule has 1 rings (SSSR count). The predicted octanol–water partition coefficient (Wildman–Crippen LogP) is 6.68. The number of rotatable bonds is 8. The predicted molar refractivity (Wildman–Crippen MR) is 89.1 cm³/mol. The lowest BCUT2D eigenvalue weighted by Gasteiger charge is -2.12. The van der Waals surface area contributed by atoms with Gasteiger partial charge in [0.05, 0.1) is 0 Å². The summed E-state index contributed by atoms with van der Waals surface area (Å²) >= 11 is 0. The lowest BCUT2D eigenvalue weighted by molar-refractivity contribution is -0.275. The average molecular weight is 342 g/mol. The van der Waals surface area contributed by atoms with E-state index in [1.807, 2.05) is 0 Å². The molecule has 0 aliphatic heterocycles. The number of hydrogen-bond acceptors (Lipinski definition) is 1. The summed E-state index contributed by atoms with van der Waals surface area (Å²) in [5.41, 5.74) is 1.80. The Morgan fingerprint density at radius 1 is 1.25 bits per heavy atom. The van der Waals surface area contributed by atoms with Crippen molar-refractivity contribution in [2.45, 2.75) is 39.5 Å². The first-order valence-corrected chi connectivity index (χ1v) is 7.75. The van der Waals surface area contributed by atoms with Gasteiger partial charge in [0, 0.05) is 0 Å². The molecule has 0 N–H and O–H groups in total. The van der Waals surface area contributed by atoms with Crippen molar-refractivity contribution in [1.82, 2.24) is 0 Å². The monoisotopic (exact) mass is 342 g/mol. The van der Waals surface area contributed by atoms with E-state index in [2.05, 4.69) is 31.7 Å². The summed E-state index contributed by atoms with van der Waals surface area (Å²) < 4.78 is 53.7. The third-order valence-electron chi connectivity index (χ3n) is 3.65. The Kier molecular flexibility index (Phi) is 7.26. The van der Waals surface area contributed by atoms with Gasteiger partial charge in [-0.2, -0.15) is 0 Å². The molecule has 0 saturated heterocycles. The molecule has 1 atom stereocenters. The van der Waals surface area contributed by atoms with Crippen LogP contribution in [0.3, 0.4) is 0 Å². The van der Waals surface area contributed by atoms with Gasteiger partial charge in [0.2, 0.25) is 0 Å². The van der Waals surface area contributed by atoms with Gasteiger partial charge in [0.15, 0.2) is 11.6 Å². The first kappa shape index (κ1) is 20.0. The Bertz CT molecular complexity index is 614. The molecule has 0 heterocycles. The number of hydrogen-bond donors (Lipinski definition) is 0. The smallest absolute Gasteiger partial charge is 0.403 e. The van der Waals surface area contributed by atoms with Crippen molar-refractivity contribution in [2.24, 2.45) is 5.92 Å². The van der Waals surface area contributed by atoms with Crippen LogP contribution in [0.15, 0.2) is 49.1 Å². The standard InChI is InChI=1S/C19H22F4O/c1-5-6-7-13(2)14(3)8-9-15(4)16-10-11-18(17(20)12-16)24-19(21,22)23/h8-13H,3-7H2,1-2H3/b9-8-. The molecular weight excluding hydrogens is 320 g/mol. The zero-order valence-corrected chi connectivity index (χ0v) is 13.9. The fourth-order valence-electron chi connectivity index (χ4n) is 2.07. The summed E-state index contributed by atoms with van der Waals surface area (Å²) in [7, 11) is 0. The van der Waals surface area contributed by atoms with Gasteiger partial charge in [0.1, 0.15) is 0 Å². The lowest BCUT2D eigenvalue weighted by Crippen LogP contribution is -2.17. The lowest BCUT2D eigenvalue weighted by atomic mass is 9.95. The van der Waals surface area contributed by atoms with E-state index in [1.165, 1.54) is 6.07 Å². The van der Waals surface area contributed by atoms with Crippen LogP contribution < -0.4 is 4.74 Å². The van der Waals surface area contributed by atoms with Crippen LogP contribution in [-0.4, -0.2) is 6.36 Å². The number of allylic oxidation sites excluding steroid dienone is 4. The van der Waals surface area contributed by atoms with E-state index in [0.29, 0.717) is 17.1 Å². The van der Waals surface area contributed by atoms with E-state index in [1.54, 1.807) is 12.2 Å². The fourth-order valence-corrected chi connectivity index (χ4v) is 2.07. The summed E-state index contributed by atoms with van der Waals surface area (Å²) in [4.78, 5) is 0. The number of unbranched alkanes of at least 4 members (excludes halogenated alkanes) is 1. The number of ether oxygens (including phenoxy) is 1. The third kappa shape index (κ3) is 6.60. The van der Waals surface area contributed by atoms with Gasteiger partial charge in [-0.15, -0.1) is 13.2 Å². The second-order valence-corrected chi connectivity index (χ2v) is 5.67. The Hall–Kier alpha value is -2.04. The maximum Gasteiger partial charge on any atom is 0.573 e. The molecule has 0 saturated carbocycles. The van der Waals surface area contributed by atoms with Crippen molar-refractivity contribution in [3.05, 3.63) is 60.5 Å².